The number of imidazole rings is 1. The van der Waals surface area contributed by atoms with E-state index >= 15 is 0 Å². The van der Waals surface area contributed by atoms with Crippen molar-refractivity contribution in [3.8, 4) is 11.3 Å². The van der Waals surface area contributed by atoms with Gasteiger partial charge in [0.15, 0.2) is 5.65 Å². The predicted octanol–water partition coefficient (Wildman–Crippen LogP) is 5.46. The second-order valence-electron chi connectivity index (χ2n) is 7.49. The number of hydrogen-bond acceptors (Lipinski definition) is 5. The van der Waals surface area contributed by atoms with E-state index in [-0.39, 0.29) is 6.54 Å². The fraction of sp³-hybridized carbons (Fsp3) is 0.174. The summed E-state index contributed by atoms with van der Waals surface area (Å²) in [6, 6.07) is 12.7. The number of nitrogens with two attached hydrogens (primary N) is 1. The Labute approximate surface area is 196 Å². The number of aryl methyl sites for hydroxylation is 1. The Balaban J connectivity index is 1.79. The van der Waals surface area contributed by atoms with Gasteiger partial charge in [-0.25, -0.2) is 13.9 Å². The number of halogens is 4. The highest BCUT2D eigenvalue weighted by atomic mass is 32.2. The van der Waals surface area contributed by atoms with Crippen LogP contribution in [0, 0.1) is 12.7 Å². The smallest absolute Gasteiger partial charge is 0.382 e. The first kappa shape index (κ1) is 23.6. The van der Waals surface area contributed by atoms with Gasteiger partial charge in [-0.05, 0) is 42.8 Å². The molecule has 0 saturated heterocycles. The molecule has 0 aliphatic rings. The average Bonchev–Trinajstić information content (AvgIpc) is 3.18. The Hall–Kier alpha value is -3.60. The molecule has 4 aromatic rings. The maximum absolute atomic E-state index is 14.2. The number of benzene rings is 2. The van der Waals surface area contributed by atoms with E-state index in [9.17, 15) is 22.4 Å². The monoisotopic (exact) mass is 489 g/mol. The van der Waals surface area contributed by atoms with Crippen molar-refractivity contribution in [2.45, 2.75) is 29.4 Å². The number of anilines is 1. The van der Waals surface area contributed by atoms with E-state index in [1.165, 1.54) is 16.8 Å². The quantitative estimate of drug-likeness (QED) is 0.337. The van der Waals surface area contributed by atoms with Crippen molar-refractivity contribution in [2.75, 3.05) is 11.9 Å². The van der Waals surface area contributed by atoms with Gasteiger partial charge in [-0.3, -0.25) is 4.79 Å². The van der Waals surface area contributed by atoms with Crippen molar-refractivity contribution >= 4 is 29.0 Å². The Kier molecular flexibility index (Phi) is 6.47. The largest absolute Gasteiger partial charge is 0.390 e. The summed E-state index contributed by atoms with van der Waals surface area (Å²) in [6.07, 6.45) is -3.81. The molecular weight excluding hydrogens is 470 g/mol. The molecule has 1 amide bonds. The Morgan fingerprint density at radius 3 is 2.62 bits per heavy atom. The van der Waals surface area contributed by atoms with Crippen molar-refractivity contribution < 1.29 is 22.4 Å². The third-order valence-electron chi connectivity index (χ3n) is 5.01. The van der Waals surface area contributed by atoms with Gasteiger partial charge in [0.1, 0.15) is 10.8 Å². The van der Waals surface area contributed by atoms with Crippen molar-refractivity contribution in [1.82, 2.24) is 14.6 Å². The van der Waals surface area contributed by atoms with Crippen LogP contribution in [0.1, 0.15) is 22.3 Å². The molecule has 0 radical (unpaired) electrons. The van der Waals surface area contributed by atoms with Crippen molar-refractivity contribution in [3.05, 3.63) is 71.7 Å². The summed E-state index contributed by atoms with van der Waals surface area (Å²) in [6.45, 7) is 1.38. The first-order chi connectivity index (χ1) is 16.1. The van der Waals surface area contributed by atoms with Gasteiger partial charge in [0.2, 0.25) is 5.91 Å². The summed E-state index contributed by atoms with van der Waals surface area (Å²) in [7, 11) is 0. The maximum Gasteiger partial charge on any atom is 0.390 e. The van der Waals surface area contributed by atoms with E-state index in [1.807, 2.05) is 0 Å². The summed E-state index contributed by atoms with van der Waals surface area (Å²) in [4.78, 5) is 16.2. The van der Waals surface area contributed by atoms with E-state index in [0.29, 0.717) is 43.6 Å². The van der Waals surface area contributed by atoms with Gasteiger partial charge in [0.25, 0.3) is 0 Å². The maximum atomic E-state index is 14.2. The fourth-order valence-electron chi connectivity index (χ4n) is 3.40. The van der Waals surface area contributed by atoms with E-state index in [0.717, 1.165) is 11.8 Å². The number of rotatable bonds is 7. The van der Waals surface area contributed by atoms with Gasteiger partial charge in [-0.15, -0.1) is 0 Å². The molecule has 0 bridgehead atoms. The number of alkyl halides is 3. The van der Waals surface area contributed by atoms with Crippen LogP contribution in [-0.2, 0) is 0 Å². The SMILES string of the molecule is Cc1cc(-c2cnc3c(NCCC(F)(F)F)cc(Sc4ccccc4F)nn23)ccc1C(N)=O. The van der Waals surface area contributed by atoms with Gasteiger partial charge >= 0.3 is 6.18 Å². The topological polar surface area (TPSA) is 85.3 Å². The number of fused-ring (bicyclic) bond motifs is 1. The van der Waals surface area contributed by atoms with Crippen LogP contribution in [0.3, 0.4) is 0 Å². The molecule has 0 saturated carbocycles. The number of aromatic nitrogens is 3. The summed E-state index contributed by atoms with van der Waals surface area (Å²) in [5, 5.41) is 7.68. The molecule has 3 N–H and O–H groups in total. The second kappa shape index (κ2) is 9.34. The minimum absolute atomic E-state index is 0.312. The highest BCUT2D eigenvalue weighted by molar-refractivity contribution is 7.99. The van der Waals surface area contributed by atoms with Crippen molar-refractivity contribution in [1.29, 1.82) is 0 Å². The molecule has 0 unspecified atom stereocenters. The van der Waals surface area contributed by atoms with Crippen LogP contribution in [0.5, 0.6) is 0 Å². The molecule has 34 heavy (non-hydrogen) atoms. The zero-order valence-electron chi connectivity index (χ0n) is 17.9. The van der Waals surface area contributed by atoms with E-state index in [2.05, 4.69) is 15.4 Å². The normalized spacial score (nSPS) is 11.7. The summed E-state index contributed by atoms with van der Waals surface area (Å²) < 4.78 is 53.7. The number of primary amides is 1. The molecule has 0 aliphatic heterocycles. The molecule has 0 fully saturated rings. The van der Waals surface area contributed by atoms with Crippen LogP contribution in [0.25, 0.3) is 16.9 Å². The highest BCUT2D eigenvalue weighted by Gasteiger charge is 2.26. The number of carbonyl (C=O) groups is 1. The number of hydrogen-bond donors (Lipinski definition) is 2. The number of nitrogens with zero attached hydrogens (tertiary/aromatic N) is 3. The van der Waals surface area contributed by atoms with E-state index in [1.54, 1.807) is 49.4 Å². The Morgan fingerprint density at radius 1 is 1.18 bits per heavy atom. The first-order valence-corrected chi connectivity index (χ1v) is 11.0. The van der Waals surface area contributed by atoms with Gasteiger partial charge < -0.3 is 11.1 Å². The van der Waals surface area contributed by atoms with Crippen LogP contribution < -0.4 is 11.1 Å². The van der Waals surface area contributed by atoms with E-state index in [4.69, 9.17) is 5.73 Å². The minimum Gasteiger partial charge on any atom is -0.382 e. The van der Waals surface area contributed by atoms with Crippen LogP contribution in [0.15, 0.2) is 64.6 Å². The van der Waals surface area contributed by atoms with Crippen LogP contribution in [0.4, 0.5) is 23.2 Å². The molecule has 0 aliphatic carbocycles. The van der Waals surface area contributed by atoms with Gasteiger partial charge in [-0.2, -0.15) is 18.3 Å². The molecule has 0 spiro atoms. The first-order valence-electron chi connectivity index (χ1n) is 10.1. The highest BCUT2D eigenvalue weighted by Crippen LogP contribution is 2.33. The predicted molar refractivity (Wildman–Crippen MR) is 121 cm³/mol. The molecule has 6 nitrogen and oxygen atoms in total. The van der Waals surface area contributed by atoms with Crippen LogP contribution in [0.2, 0.25) is 0 Å². The minimum atomic E-state index is -4.32. The molecular formula is C23H19F4N5OS. The lowest BCUT2D eigenvalue weighted by atomic mass is 10.0. The lowest BCUT2D eigenvalue weighted by molar-refractivity contribution is -0.131. The second-order valence-corrected chi connectivity index (χ2v) is 8.56. The number of amides is 1. The third-order valence-corrected chi connectivity index (χ3v) is 5.97. The molecule has 2 aromatic heterocycles. The molecule has 11 heteroatoms. The Bertz CT molecular complexity index is 1370. The van der Waals surface area contributed by atoms with Crippen molar-refractivity contribution in [2.24, 2.45) is 5.73 Å². The summed E-state index contributed by atoms with van der Waals surface area (Å²) in [5.74, 6) is -0.996. The van der Waals surface area contributed by atoms with E-state index < -0.39 is 24.3 Å². The lowest BCUT2D eigenvalue weighted by Gasteiger charge is -2.12. The average molecular weight is 489 g/mol. The van der Waals surface area contributed by atoms with Crippen LogP contribution in [-0.4, -0.2) is 33.2 Å². The van der Waals surface area contributed by atoms with Gasteiger partial charge in [0.05, 0.1) is 24.0 Å². The molecule has 2 aromatic carbocycles. The zero-order chi connectivity index (χ0) is 24.5. The number of carbonyl (C=O) groups excluding carboxylic acids is 1. The summed E-state index contributed by atoms with van der Waals surface area (Å²) >= 11 is 1.04. The van der Waals surface area contributed by atoms with Gasteiger partial charge in [-0.1, -0.05) is 30.0 Å². The lowest BCUT2D eigenvalue weighted by Crippen LogP contribution is -2.15. The fourth-order valence-corrected chi connectivity index (χ4v) is 4.24. The molecule has 176 valence electrons. The molecule has 0 atom stereocenters. The standard InChI is InChI=1S/C23H19F4N5OS/c1-13-10-14(6-7-15(13)21(28)33)18-12-30-22-17(29-9-8-23(25,26)27)11-20(31-32(18)22)34-19-5-3-2-4-16(19)24/h2-7,10-12,29H,8-9H2,1H3,(H2,28,33). The van der Waals surface area contributed by atoms with Gasteiger partial charge in [0, 0.05) is 22.6 Å². The number of nitrogens with one attached hydrogen (secondary N) is 1. The molecule has 2 heterocycles. The summed E-state index contributed by atoms with van der Waals surface area (Å²) in [5.41, 5.74) is 8.27. The van der Waals surface area contributed by atoms with Crippen molar-refractivity contribution in [3.63, 3.8) is 0 Å². The zero-order valence-corrected chi connectivity index (χ0v) is 18.7. The molecule has 4 rings (SSSR count). The third kappa shape index (κ3) is 5.14. The Morgan fingerprint density at radius 2 is 1.94 bits per heavy atom. The van der Waals surface area contributed by atoms with Crippen LogP contribution >= 0.6 is 11.8 Å².